The summed E-state index contributed by atoms with van der Waals surface area (Å²) in [4.78, 5) is 24.7. The van der Waals surface area contributed by atoms with E-state index in [0.29, 0.717) is 46.0 Å². The molecule has 1 heterocycles. The predicted molar refractivity (Wildman–Crippen MR) is 176 cm³/mol. The van der Waals surface area contributed by atoms with Crippen molar-refractivity contribution in [3.63, 3.8) is 0 Å². The molecule has 0 aliphatic rings. The number of anilines is 1. The monoisotopic (exact) mass is 713 g/mol. The molecule has 0 aliphatic carbocycles. The molecule has 0 aliphatic heterocycles. The minimum atomic E-state index is -0.372. The van der Waals surface area contributed by atoms with Gasteiger partial charge in [-0.15, -0.1) is 10.2 Å². The maximum Gasteiger partial charge on any atom is 0.257 e. The Kier molecular flexibility index (Phi) is 11.1. The van der Waals surface area contributed by atoms with Crippen LogP contribution in [0.5, 0.6) is 17.2 Å². The Labute approximate surface area is 268 Å². The van der Waals surface area contributed by atoms with Crippen LogP contribution in [0.15, 0.2) is 71.8 Å². The van der Waals surface area contributed by atoms with Crippen molar-refractivity contribution in [2.24, 2.45) is 5.10 Å². The number of benzene rings is 3. The van der Waals surface area contributed by atoms with Crippen LogP contribution in [0, 0.1) is 3.57 Å². The fourth-order valence-electron chi connectivity index (χ4n) is 3.80. The van der Waals surface area contributed by atoms with E-state index in [9.17, 15) is 9.59 Å². The number of halogens is 1. The van der Waals surface area contributed by atoms with Crippen LogP contribution in [0.25, 0.3) is 0 Å². The van der Waals surface area contributed by atoms with Crippen LogP contribution >= 0.6 is 33.9 Å². The number of nitrogens with one attached hydrogen (secondary N) is 2. The molecule has 0 unspecified atom stereocenters. The van der Waals surface area contributed by atoms with Gasteiger partial charge in [0.2, 0.25) is 11.0 Å². The summed E-state index contributed by atoms with van der Waals surface area (Å²) in [6.07, 6.45) is 1.48. The highest BCUT2D eigenvalue weighted by Crippen LogP contribution is 2.33. The first-order valence-corrected chi connectivity index (χ1v) is 15.3. The highest BCUT2D eigenvalue weighted by molar-refractivity contribution is 14.1. The number of hydrogen-bond acceptors (Lipinski definition) is 9. The molecule has 1 aromatic heterocycles. The van der Waals surface area contributed by atoms with Gasteiger partial charge in [-0.1, -0.05) is 62.4 Å². The zero-order valence-corrected chi connectivity index (χ0v) is 27.2. The van der Waals surface area contributed by atoms with Crippen LogP contribution in [0.4, 0.5) is 5.13 Å². The zero-order valence-electron chi connectivity index (χ0n) is 24.2. The van der Waals surface area contributed by atoms with Crippen molar-refractivity contribution in [3.05, 3.63) is 92.0 Å². The molecular weight excluding hydrogens is 681 g/mol. The molecule has 2 amide bonds. The van der Waals surface area contributed by atoms with Gasteiger partial charge in [-0.2, -0.15) is 5.10 Å². The van der Waals surface area contributed by atoms with Crippen molar-refractivity contribution in [2.75, 3.05) is 25.6 Å². The molecular formula is C31H32IN5O5S. The summed E-state index contributed by atoms with van der Waals surface area (Å²) in [5.41, 5.74) is 5.04. The lowest BCUT2D eigenvalue weighted by Gasteiger charge is -2.19. The summed E-state index contributed by atoms with van der Waals surface area (Å²) in [5.74, 6) is 1.25. The smallest absolute Gasteiger partial charge is 0.257 e. The molecule has 0 atom stereocenters. The number of hydrazone groups is 1. The number of rotatable bonds is 12. The van der Waals surface area contributed by atoms with Gasteiger partial charge in [0.05, 0.1) is 23.3 Å². The fourth-order valence-corrected chi connectivity index (χ4v) is 5.31. The van der Waals surface area contributed by atoms with Gasteiger partial charge < -0.3 is 14.2 Å². The minimum Gasteiger partial charge on any atom is -0.493 e. The van der Waals surface area contributed by atoms with E-state index in [1.165, 1.54) is 11.8 Å². The number of nitrogens with zero attached hydrogens (tertiary/aromatic N) is 3. The lowest BCUT2D eigenvalue weighted by molar-refractivity contribution is -0.120. The molecule has 43 heavy (non-hydrogen) atoms. The van der Waals surface area contributed by atoms with E-state index >= 15 is 0 Å². The number of carbonyl (C=O) groups is 2. The van der Waals surface area contributed by atoms with Crippen molar-refractivity contribution in [1.82, 2.24) is 15.6 Å². The summed E-state index contributed by atoms with van der Waals surface area (Å²) in [6, 6.07) is 20.5. The topological polar surface area (TPSA) is 124 Å². The fraction of sp³-hybridized carbons (Fsp3) is 0.258. The van der Waals surface area contributed by atoms with E-state index in [-0.39, 0.29) is 23.7 Å². The van der Waals surface area contributed by atoms with Crippen molar-refractivity contribution in [1.29, 1.82) is 0 Å². The van der Waals surface area contributed by atoms with Crippen LogP contribution in [-0.4, -0.2) is 48.5 Å². The third-order valence-electron chi connectivity index (χ3n) is 6.01. The first-order valence-electron chi connectivity index (χ1n) is 13.4. The average Bonchev–Trinajstić information content (AvgIpc) is 3.42. The highest BCUT2D eigenvalue weighted by atomic mass is 127. The van der Waals surface area contributed by atoms with E-state index in [2.05, 4.69) is 81.5 Å². The second kappa shape index (κ2) is 14.9. The molecule has 10 nitrogen and oxygen atoms in total. The second-order valence-electron chi connectivity index (χ2n) is 10.3. The number of amides is 2. The molecule has 0 radical (unpaired) electrons. The first kappa shape index (κ1) is 31.9. The maximum atomic E-state index is 12.4. The molecule has 0 spiro atoms. The largest absolute Gasteiger partial charge is 0.493 e. The van der Waals surface area contributed by atoms with Crippen molar-refractivity contribution >= 4 is 57.1 Å². The van der Waals surface area contributed by atoms with Crippen molar-refractivity contribution in [3.8, 4) is 17.2 Å². The van der Waals surface area contributed by atoms with Crippen LogP contribution in [0.3, 0.4) is 0 Å². The molecule has 0 saturated heterocycles. The third kappa shape index (κ3) is 9.48. The summed E-state index contributed by atoms with van der Waals surface area (Å²) in [7, 11) is 1.56. The quantitative estimate of drug-likeness (QED) is 0.0818. The number of carbonyl (C=O) groups excluding carboxylic acids is 2. The van der Waals surface area contributed by atoms with Gasteiger partial charge in [-0.3, -0.25) is 14.9 Å². The predicted octanol–water partition coefficient (Wildman–Crippen LogP) is 5.85. The highest BCUT2D eigenvalue weighted by Gasteiger charge is 2.15. The standard InChI is InChI=1S/C31H32IN5O5S/c1-31(2,3)22-10-12-23(13-11-22)41-14-15-42-28-24(32)16-20(17-25(28)40-4)19-33-35-26(38)18-27-36-37-30(43-27)34-29(39)21-8-6-5-7-9-21/h5-13,16-17,19H,14-15,18H2,1-4H3,(H,35,38)(H,34,37,39)/b33-19-. The van der Waals surface area contributed by atoms with Gasteiger partial charge >= 0.3 is 0 Å². The molecule has 0 fully saturated rings. The lowest BCUT2D eigenvalue weighted by atomic mass is 9.87. The van der Waals surface area contributed by atoms with E-state index in [0.717, 1.165) is 20.7 Å². The summed E-state index contributed by atoms with van der Waals surface area (Å²) in [6.45, 7) is 7.23. The first-order chi connectivity index (χ1) is 20.6. The molecule has 0 saturated carbocycles. The summed E-state index contributed by atoms with van der Waals surface area (Å²) < 4.78 is 18.1. The molecule has 12 heteroatoms. The van der Waals surface area contributed by atoms with Gasteiger partial charge in [-0.25, -0.2) is 5.43 Å². The van der Waals surface area contributed by atoms with Gasteiger partial charge in [0.25, 0.3) is 5.91 Å². The van der Waals surface area contributed by atoms with Crippen LogP contribution in [0.1, 0.15) is 47.3 Å². The Bertz CT molecular complexity index is 1570. The Morgan fingerprint density at radius 1 is 1.00 bits per heavy atom. The van der Waals surface area contributed by atoms with Crippen molar-refractivity contribution in [2.45, 2.75) is 32.6 Å². The van der Waals surface area contributed by atoms with Crippen LogP contribution in [-0.2, 0) is 16.6 Å². The number of ether oxygens (including phenoxy) is 3. The maximum absolute atomic E-state index is 12.4. The van der Waals surface area contributed by atoms with Gasteiger partial charge in [-0.05, 0) is 75.5 Å². The van der Waals surface area contributed by atoms with Gasteiger partial charge in [0.15, 0.2) is 11.5 Å². The number of aromatic nitrogens is 2. The molecule has 224 valence electrons. The Balaban J connectivity index is 1.25. The van der Waals surface area contributed by atoms with E-state index in [1.54, 1.807) is 37.4 Å². The van der Waals surface area contributed by atoms with Crippen LogP contribution < -0.4 is 25.0 Å². The Morgan fingerprint density at radius 3 is 2.42 bits per heavy atom. The van der Waals surface area contributed by atoms with Crippen molar-refractivity contribution < 1.29 is 23.8 Å². The molecule has 3 aromatic carbocycles. The third-order valence-corrected chi connectivity index (χ3v) is 7.65. The SMILES string of the molecule is COc1cc(/C=N\NC(=O)Cc2nnc(NC(=O)c3ccccc3)s2)cc(I)c1OCCOc1ccc(C(C)(C)C)cc1. The molecule has 4 aromatic rings. The van der Waals surface area contributed by atoms with E-state index in [4.69, 9.17) is 14.2 Å². The molecule has 0 bridgehead atoms. The van der Waals surface area contributed by atoms with Gasteiger partial charge in [0.1, 0.15) is 24.0 Å². The Morgan fingerprint density at radius 2 is 1.72 bits per heavy atom. The Hall–Kier alpha value is -4.04. The van der Waals surface area contributed by atoms with Gasteiger partial charge in [0, 0.05) is 5.56 Å². The number of methoxy groups -OCH3 is 1. The number of hydrogen-bond donors (Lipinski definition) is 2. The minimum absolute atomic E-state index is 0.0351. The lowest BCUT2D eigenvalue weighted by Crippen LogP contribution is -2.19. The van der Waals surface area contributed by atoms with E-state index in [1.807, 2.05) is 24.3 Å². The zero-order chi connectivity index (χ0) is 30.8. The van der Waals surface area contributed by atoms with E-state index < -0.39 is 0 Å². The van der Waals surface area contributed by atoms with Crippen LogP contribution in [0.2, 0.25) is 0 Å². The summed E-state index contributed by atoms with van der Waals surface area (Å²) >= 11 is 3.29. The summed E-state index contributed by atoms with van der Waals surface area (Å²) in [5, 5.41) is 15.4. The second-order valence-corrected chi connectivity index (χ2v) is 12.5. The molecule has 4 rings (SSSR count). The molecule has 2 N–H and O–H groups in total. The normalized spacial score (nSPS) is 11.3. The average molecular weight is 714 g/mol.